The van der Waals surface area contributed by atoms with Crippen molar-refractivity contribution in [2.24, 2.45) is 5.14 Å². The van der Waals surface area contributed by atoms with Crippen molar-refractivity contribution >= 4 is 22.0 Å². The van der Waals surface area contributed by atoms with Gasteiger partial charge in [0.25, 0.3) is 0 Å². The van der Waals surface area contributed by atoms with E-state index in [4.69, 9.17) is 10.2 Å². The number of H-pyrrole nitrogens is 1. The van der Waals surface area contributed by atoms with E-state index in [9.17, 15) is 18.0 Å². The second-order valence-corrected chi connectivity index (χ2v) is 5.67. The number of carboxylic acid groups (broad SMARTS) is 1. The number of amides is 2. The number of rotatable bonds is 7. The van der Waals surface area contributed by atoms with Gasteiger partial charge in [-0.3, -0.25) is 0 Å². The first kappa shape index (κ1) is 15.9. The number of aliphatic carboxylic acids is 1. The van der Waals surface area contributed by atoms with Crippen LogP contribution >= 0.6 is 0 Å². The van der Waals surface area contributed by atoms with E-state index < -0.39 is 33.8 Å². The van der Waals surface area contributed by atoms with Crippen LogP contribution in [0.2, 0.25) is 0 Å². The van der Waals surface area contributed by atoms with E-state index in [1.165, 1.54) is 12.5 Å². The summed E-state index contributed by atoms with van der Waals surface area (Å²) in [7, 11) is -3.68. The average Bonchev–Trinajstić information content (AvgIpc) is 2.79. The number of sulfonamides is 1. The molecule has 0 aliphatic heterocycles. The van der Waals surface area contributed by atoms with Crippen molar-refractivity contribution in [2.75, 3.05) is 12.3 Å². The summed E-state index contributed by atoms with van der Waals surface area (Å²) in [6, 6.07) is -1.95. The quantitative estimate of drug-likeness (QED) is 0.390. The lowest BCUT2D eigenvalue weighted by Gasteiger charge is -2.14. The second kappa shape index (κ2) is 6.86. The highest BCUT2D eigenvalue weighted by Gasteiger charge is 2.20. The Hall–Kier alpha value is -2.14. The molecule has 0 aliphatic rings. The molecule has 1 aromatic heterocycles. The number of carbonyl (C=O) groups is 2. The number of aromatic amines is 1. The maximum atomic E-state index is 11.4. The molecule has 0 aliphatic carbocycles. The molecule has 0 saturated heterocycles. The molecular formula is C9H15N5O5S. The number of imidazole rings is 1. The molecule has 6 N–H and O–H groups in total. The van der Waals surface area contributed by atoms with Gasteiger partial charge in [-0.2, -0.15) is 0 Å². The zero-order valence-corrected chi connectivity index (χ0v) is 11.2. The molecule has 1 atom stereocenters. The van der Waals surface area contributed by atoms with E-state index in [0.29, 0.717) is 5.69 Å². The van der Waals surface area contributed by atoms with E-state index in [-0.39, 0.29) is 13.0 Å². The zero-order valence-electron chi connectivity index (χ0n) is 10.4. The van der Waals surface area contributed by atoms with Gasteiger partial charge in [-0.25, -0.2) is 28.1 Å². The third kappa shape index (κ3) is 6.15. The van der Waals surface area contributed by atoms with Crippen molar-refractivity contribution in [3.63, 3.8) is 0 Å². The second-order valence-electron chi connectivity index (χ2n) is 3.94. The number of primary sulfonamides is 1. The number of urea groups is 1. The number of carboxylic acids is 1. The number of carbonyl (C=O) groups excluding carboxylic acids is 1. The van der Waals surface area contributed by atoms with Gasteiger partial charge in [0.2, 0.25) is 10.0 Å². The summed E-state index contributed by atoms with van der Waals surface area (Å²) < 4.78 is 21.3. The average molecular weight is 305 g/mol. The third-order valence-electron chi connectivity index (χ3n) is 2.25. The van der Waals surface area contributed by atoms with Crippen LogP contribution in [0.15, 0.2) is 12.5 Å². The lowest BCUT2D eigenvalue weighted by atomic mass is 10.2. The fourth-order valence-corrected chi connectivity index (χ4v) is 1.72. The summed E-state index contributed by atoms with van der Waals surface area (Å²) in [5.41, 5.74) is 0.544. The normalized spacial score (nSPS) is 12.7. The number of hydrogen-bond acceptors (Lipinski definition) is 5. The van der Waals surface area contributed by atoms with Gasteiger partial charge in [-0.05, 0) is 0 Å². The van der Waals surface area contributed by atoms with Crippen LogP contribution in [-0.2, 0) is 21.2 Å². The molecule has 10 nitrogen and oxygen atoms in total. The van der Waals surface area contributed by atoms with Crippen molar-refractivity contribution < 1.29 is 23.1 Å². The van der Waals surface area contributed by atoms with Crippen LogP contribution in [0.4, 0.5) is 4.79 Å². The molecule has 1 rings (SSSR count). The standard InChI is InChI=1S/C9H15N5O5S/c10-20(18,19)2-1-12-9(17)14-7(8(15)16)3-6-4-11-5-13-6/h4-5,7H,1-3H2,(H,11,13)(H,15,16)(H2,10,18,19)(H2,12,14,17)/t7-/m1/s1. The Morgan fingerprint density at radius 1 is 1.50 bits per heavy atom. The molecule has 112 valence electrons. The monoisotopic (exact) mass is 305 g/mol. The van der Waals surface area contributed by atoms with Gasteiger partial charge in [0, 0.05) is 24.9 Å². The van der Waals surface area contributed by atoms with Gasteiger partial charge in [-0.1, -0.05) is 0 Å². The Morgan fingerprint density at radius 2 is 2.20 bits per heavy atom. The summed E-state index contributed by atoms with van der Waals surface area (Å²) in [6.07, 6.45) is 2.86. The van der Waals surface area contributed by atoms with Gasteiger partial charge in [0.1, 0.15) is 6.04 Å². The highest BCUT2D eigenvalue weighted by atomic mass is 32.2. The van der Waals surface area contributed by atoms with E-state index >= 15 is 0 Å². The van der Waals surface area contributed by atoms with Crippen LogP contribution in [0.5, 0.6) is 0 Å². The van der Waals surface area contributed by atoms with Crippen molar-refractivity contribution in [3.05, 3.63) is 18.2 Å². The van der Waals surface area contributed by atoms with Crippen LogP contribution in [-0.4, -0.2) is 53.8 Å². The minimum atomic E-state index is -3.68. The third-order valence-corrected chi connectivity index (χ3v) is 3.03. The van der Waals surface area contributed by atoms with Crippen molar-refractivity contribution in [1.29, 1.82) is 0 Å². The molecule has 1 aromatic rings. The smallest absolute Gasteiger partial charge is 0.326 e. The SMILES string of the molecule is NS(=O)(=O)CCNC(=O)N[C@H](Cc1cnc[nH]1)C(=O)O. The maximum absolute atomic E-state index is 11.4. The first-order chi connectivity index (χ1) is 9.28. The molecule has 0 saturated carbocycles. The molecule has 0 bridgehead atoms. The fraction of sp³-hybridized carbons (Fsp3) is 0.444. The minimum Gasteiger partial charge on any atom is -0.480 e. The van der Waals surface area contributed by atoms with Crippen molar-refractivity contribution in [3.8, 4) is 0 Å². The first-order valence-electron chi connectivity index (χ1n) is 5.53. The Bertz CT molecular complexity index is 555. The molecule has 0 spiro atoms. The van der Waals surface area contributed by atoms with E-state index in [1.807, 2.05) is 0 Å². The largest absolute Gasteiger partial charge is 0.480 e. The molecule has 11 heteroatoms. The Kier molecular flexibility index (Phi) is 5.46. The summed E-state index contributed by atoms with van der Waals surface area (Å²) in [5.74, 6) is -1.65. The molecular weight excluding hydrogens is 290 g/mol. The summed E-state index contributed by atoms with van der Waals surface area (Å²) >= 11 is 0. The van der Waals surface area contributed by atoms with Crippen molar-refractivity contribution in [1.82, 2.24) is 20.6 Å². The van der Waals surface area contributed by atoms with Crippen LogP contribution in [0.3, 0.4) is 0 Å². The van der Waals surface area contributed by atoms with Gasteiger partial charge in [0.05, 0.1) is 12.1 Å². The maximum Gasteiger partial charge on any atom is 0.326 e. The summed E-state index contributed by atoms with van der Waals surface area (Å²) in [5, 5.41) is 18.2. The first-order valence-corrected chi connectivity index (χ1v) is 7.24. The van der Waals surface area contributed by atoms with Gasteiger partial charge in [-0.15, -0.1) is 0 Å². The highest BCUT2D eigenvalue weighted by molar-refractivity contribution is 7.89. The van der Waals surface area contributed by atoms with Crippen LogP contribution in [0, 0.1) is 0 Å². The Labute approximate surface area is 114 Å². The lowest BCUT2D eigenvalue weighted by Crippen LogP contribution is -2.48. The van der Waals surface area contributed by atoms with E-state index in [1.54, 1.807) is 0 Å². The number of nitrogens with one attached hydrogen (secondary N) is 3. The molecule has 1 heterocycles. The molecule has 0 unspecified atom stereocenters. The molecule has 20 heavy (non-hydrogen) atoms. The Balaban J connectivity index is 2.45. The number of hydrogen-bond donors (Lipinski definition) is 5. The number of nitrogens with zero attached hydrogens (tertiary/aromatic N) is 1. The lowest BCUT2D eigenvalue weighted by molar-refractivity contribution is -0.139. The molecule has 2 amide bonds. The van der Waals surface area contributed by atoms with Gasteiger partial charge < -0.3 is 20.7 Å². The number of nitrogens with two attached hydrogens (primary N) is 1. The Morgan fingerprint density at radius 3 is 2.70 bits per heavy atom. The van der Waals surface area contributed by atoms with E-state index in [0.717, 1.165) is 0 Å². The topological polar surface area (TPSA) is 167 Å². The van der Waals surface area contributed by atoms with Crippen LogP contribution < -0.4 is 15.8 Å². The zero-order chi connectivity index (χ0) is 15.2. The van der Waals surface area contributed by atoms with E-state index in [2.05, 4.69) is 20.6 Å². The molecule has 0 fully saturated rings. The number of aromatic nitrogens is 2. The predicted octanol–water partition coefficient (Wildman–Crippen LogP) is -2.01. The molecule has 0 aromatic carbocycles. The molecule has 0 radical (unpaired) electrons. The van der Waals surface area contributed by atoms with Crippen LogP contribution in [0.25, 0.3) is 0 Å². The highest BCUT2D eigenvalue weighted by Crippen LogP contribution is 1.98. The predicted molar refractivity (Wildman–Crippen MR) is 68.2 cm³/mol. The fourth-order valence-electron chi connectivity index (χ4n) is 1.33. The van der Waals surface area contributed by atoms with Gasteiger partial charge in [0.15, 0.2) is 0 Å². The summed E-state index contributed by atoms with van der Waals surface area (Å²) in [4.78, 5) is 28.9. The van der Waals surface area contributed by atoms with Crippen LogP contribution in [0.1, 0.15) is 5.69 Å². The van der Waals surface area contributed by atoms with Crippen molar-refractivity contribution in [2.45, 2.75) is 12.5 Å². The summed E-state index contributed by atoms with van der Waals surface area (Å²) in [6.45, 7) is -0.207. The minimum absolute atomic E-state index is 0.0257. The van der Waals surface area contributed by atoms with Gasteiger partial charge >= 0.3 is 12.0 Å².